The van der Waals surface area contributed by atoms with E-state index < -0.39 is 17.3 Å². The first kappa shape index (κ1) is 15.8. The predicted molar refractivity (Wildman–Crippen MR) is 73.4 cm³/mol. The van der Waals surface area contributed by atoms with E-state index >= 15 is 0 Å². The lowest BCUT2D eigenvalue weighted by Crippen LogP contribution is -2.27. The van der Waals surface area contributed by atoms with Gasteiger partial charge in [0.05, 0.1) is 18.3 Å². The molecule has 0 saturated carbocycles. The van der Waals surface area contributed by atoms with Gasteiger partial charge in [-0.15, -0.1) is 0 Å². The number of nitrogens with one attached hydrogen (secondary N) is 1. The first-order chi connectivity index (χ1) is 8.46. The lowest BCUT2D eigenvalue weighted by Gasteiger charge is -2.19. The highest BCUT2D eigenvalue weighted by atomic mass is 35.5. The lowest BCUT2D eigenvalue weighted by molar-refractivity contribution is 0.0577. The molecule has 0 aliphatic carbocycles. The molecule has 0 unspecified atom stereocenters. The summed E-state index contributed by atoms with van der Waals surface area (Å²) in [6.07, 6.45) is 0.946. The number of rotatable bonds is 3. The van der Waals surface area contributed by atoms with Crippen LogP contribution in [0, 0.1) is 0 Å². The topological polar surface area (TPSA) is 76.4 Å². The van der Waals surface area contributed by atoms with E-state index in [1.165, 1.54) is 4.68 Å². The zero-order chi connectivity index (χ0) is 14.8. The molecule has 19 heavy (non-hydrogen) atoms. The number of aromatic nitrogens is 2. The minimum absolute atomic E-state index is 0.148. The third kappa shape index (κ3) is 5.94. The van der Waals surface area contributed by atoms with Crippen LogP contribution in [-0.4, -0.2) is 32.2 Å². The molecule has 1 aromatic heterocycles. The maximum atomic E-state index is 11.6. The van der Waals surface area contributed by atoms with Crippen molar-refractivity contribution in [2.24, 2.45) is 0 Å². The molecule has 0 aliphatic heterocycles. The van der Waals surface area contributed by atoms with Gasteiger partial charge in [-0.1, -0.05) is 11.6 Å². The molecule has 1 rings (SSSR count). The number of anilines is 1. The van der Waals surface area contributed by atoms with Crippen molar-refractivity contribution < 1.29 is 14.6 Å². The first-order valence-electron chi connectivity index (χ1n) is 5.92. The normalized spacial score (nSPS) is 12.4. The lowest BCUT2D eigenvalue weighted by atomic mass is 10.1. The highest BCUT2D eigenvalue weighted by Crippen LogP contribution is 2.21. The van der Waals surface area contributed by atoms with Crippen LogP contribution in [0.25, 0.3) is 0 Å². The van der Waals surface area contributed by atoms with Gasteiger partial charge in [0.25, 0.3) is 0 Å². The van der Waals surface area contributed by atoms with E-state index in [9.17, 15) is 9.90 Å². The van der Waals surface area contributed by atoms with E-state index in [0.29, 0.717) is 5.69 Å². The highest BCUT2D eigenvalue weighted by Gasteiger charge is 2.20. The van der Waals surface area contributed by atoms with Crippen LogP contribution in [0.2, 0.25) is 5.15 Å². The zero-order valence-corrected chi connectivity index (χ0v) is 12.6. The minimum Gasteiger partial charge on any atom is -0.444 e. The van der Waals surface area contributed by atoms with Gasteiger partial charge in [-0.3, -0.25) is 10.00 Å². The summed E-state index contributed by atoms with van der Waals surface area (Å²) in [5.41, 5.74) is -1.15. The van der Waals surface area contributed by atoms with Gasteiger partial charge in [-0.25, -0.2) is 4.79 Å². The van der Waals surface area contributed by atoms with Gasteiger partial charge in [0.1, 0.15) is 11.3 Å². The van der Waals surface area contributed by atoms with Crippen molar-refractivity contribution in [3.05, 3.63) is 11.3 Å². The summed E-state index contributed by atoms with van der Waals surface area (Å²) < 4.78 is 6.58. The number of carbonyl (C=O) groups is 1. The number of carbonyl (C=O) groups excluding carboxylic acids is 1. The molecule has 108 valence electrons. The van der Waals surface area contributed by atoms with Crippen LogP contribution in [0.4, 0.5) is 10.5 Å². The van der Waals surface area contributed by atoms with Crippen LogP contribution in [-0.2, 0) is 11.3 Å². The average Bonchev–Trinajstić information content (AvgIpc) is 2.39. The molecule has 0 bridgehead atoms. The van der Waals surface area contributed by atoms with Crippen LogP contribution in [0.1, 0.15) is 34.6 Å². The van der Waals surface area contributed by atoms with Crippen molar-refractivity contribution in [3.8, 4) is 0 Å². The summed E-state index contributed by atoms with van der Waals surface area (Å²) in [6, 6.07) is 0. The van der Waals surface area contributed by atoms with Crippen LogP contribution in [0.15, 0.2) is 6.20 Å². The third-order valence-electron chi connectivity index (χ3n) is 1.90. The standard InChI is InChI=1S/C12H20ClN3O3/c1-11(2,3)19-10(17)14-8-6-16(15-9(8)13)7-12(4,5)18/h6,18H,7H2,1-5H3,(H,14,17). The van der Waals surface area contributed by atoms with Gasteiger partial charge in [0.15, 0.2) is 5.15 Å². The number of hydrogen-bond donors (Lipinski definition) is 2. The summed E-state index contributed by atoms with van der Waals surface area (Å²) in [7, 11) is 0. The Morgan fingerprint density at radius 1 is 1.47 bits per heavy atom. The van der Waals surface area contributed by atoms with Gasteiger partial charge in [0, 0.05) is 0 Å². The molecular formula is C12H20ClN3O3. The monoisotopic (exact) mass is 289 g/mol. The fourth-order valence-corrected chi connectivity index (χ4v) is 1.57. The Balaban J connectivity index is 2.72. The average molecular weight is 290 g/mol. The van der Waals surface area contributed by atoms with Crippen molar-refractivity contribution in [2.45, 2.75) is 52.4 Å². The molecule has 2 N–H and O–H groups in total. The molecule has 7 heteroatoms. The van der Waals surface area contributed by atoms with Crippen molar-refractivity contribution in [3.63, 3.8) is 0 Å². The molecule has 1 aromatic rings. The second kappa shape index (κ2) is 5.38. The van der Waals surface area contributed by atoms with Crippen LogP contribution in [0.3, 0.4) is 0 Å². The number of hydrogen-bond acceptors (Lipinski definition) is 4. The number of amides is 1. The molecule has 0 atom stereocenters. The van der Waals surface area contributed by atoms with Crippen LogP contribution >= 0.6 is 11.6 Å². The SMILES string of the molecule is CC(C)(O)Cn1cc(NC(=O)OC(C)(C)C)c(Cl)n1. The quantitative estimate of drug-likeness (QED) is 0.897. The Bertz CT molecular complexity index is 458. The summed E-state index contributed by atoms with van der Waals surface area (Å²) in [4.78, 5) is 11.6. The summed E-state index contributed by atoms with van der Waals surface area (Å²) >= 11 is 5.91. The summed E-state index contributed by atoms with van der Waals surface area (Å²) in [5.74, 6) is 0. The summed E-state index contributed by atoms with van der Waals surface area (Å²) in [5, 5.41) is 16.4. The second-order valence-electron chi connectivity index (χ2n) is 5.97. The Hall–Kier alpha value is -1.27. The van der Waals surface area contributed by atoms with E-state index in [4.69, 9.17) is 16.3 Å². The molecule has 0 spiro atoms. The number of halogens is 1. The van der Waals surface area contributed by atoms with Gasteiger partial charge in [-0.05, 0) is 34.6 Å². The van der Waals surface area contributed by atoms with Crippen molar-refractivity contribution in [1.82, 2.24) is 9.78 Å². The first-order valence-corrected chi connectivity index (χ1v) is 6.29. The van der Waals surface area contributed by atoms with E-state index in [1.54, 1.807) is 40.8 Å². The predicted octanol–water partition coefficient (Wildman–Crippen LogP) is 2.65. The maximum absolute atomic E-state index is 11.6. The Morgan fingerprint density at radius 2 is 2.05 bits per heavy atom. The fourth-order valence-electron chi connectivity index (χ4n) is 1.37. The van der Waals surface area contributed by atoms with E-state index in [2.05, 4.69) is 10.4 Å². The number of nitrogens with zero attached hydrogens (tertiary/aromatic N) is 2. The van der Waals surface area contributed by atoms with Gasteiger partial charge in [0.2, 0.25) is 0 Å². The zero-order valence-electron chi connectivity index (χ0n) is 11.8. The Labute approximate surface area is 117 Å². The van der Waals surface area contributed by atoms with Crippen molar-refractivity contribution >= 4 is 23.4 Å². The highest BCUT2D eigenvalue weighted by molar-refractivity contribution is 6.32. The molecular weight excluding hydrogens is 270 g/mol. The largest absolute Gasteiger partial charge is 0.444 e. The van der Waals surface area contributed by atoms with Crippen LogP contribution < -0.4 is 5.32 Å². The minimum atomic E-state index is -0.918. The summed E-state index contributed by atoms with van der Waals surface area (Å²) in [6.45, 7) is 8.89. The molecule has 0 aliphatic rings. The van der Waals surface area contributed by atoms with Crippen molar-refractivity contribution in [1.29, 1.82) is 0 Å². The van der Waals surface area contributed by atoms with E-state index in [-0.39, 0.29) is 11.7 Å². The Morgan fingerprint density at radius 3 is 2.53 bits per heavy atom. The molecule has 1 heterocycles. The fraction of sp³-hybridized carbons (Fsp3) is 0.667. The molecule has 0 saturated heterocycles. The Kier molecular flexibility index (Phi) is 4.47. The van der Waals surface area contributed by atoms with Gasteiger partial charge in [-0.2, -0.15) is 5.10 Å². The van der Waals surface area contributed by atoms with Crippen LogP contribution in [0.5, 0.6) is 0 Å². The van der Waals surface area contributed by atoms with Crippen molar-refractivity contribution in [2.75, 3.05) is 5.32 Å². The molecule has 0 fully saturated rings. The molecule has 0 aromatic carbocycles. The number of aliphatic hydroxyl groups is 1. The molecule has 6 nitrogen and oxygen atoms in total. The second-order valence-corrected chi connectivity index (χ2v) is 6.33. The van der Waals surface area contributed by atoms with Gasteiger partial charge >= 0.3 is 6.09 Å². The van der Waals surface area contributed by atoms with Gasteiger partial charge < -0.3 is 9.84 Å². The third-order valence-corrected chi connectivity index (χ3v) is 2.18. The number of ether oxygens (including phenoxy) is 1. The van der Waals surface area contributed by atoms with E-state index in [1.807, 2.05) is 0 Å². The molecule has 0 radical (unpaired) electrons. The van der Waals surface area contributed by atoms with E-state index in [0.717, 1.165) is 0 Å². The maximum Gasteiger partial charge on any atom is 0.412 e. The smallest absolute Gasteiger partial charge is 0.412 e. The molecule has 1 amide bonds.